The maximum absolute atomic E-state index is 5.37. The molecule has 0 amide bonds. The van der Waals surface area contributed by atoms with Gasteiger partial charge in [0.05, 0.1) is 6.54 Å². The Kier molecular flexibility index (Phi) is 11.0. The quantitative estimate of drug-likeness (QED) is 0.206. The summed E-state index contributed by atoms with van der Waals surface area (Å²) in [6.45, 7) is 8.43. The maximum atomic E-state index is 5.37. The van der Waals surface area contributed by atoms with Crippen molar-refractivity contribution in [2.24, 2.45) is 4.99 Å². The zero-order valence-corrected chi connectivity index (χ0v) is 19.2. The van der Waals surface area contributed by atoms with Crippen LogP contribution < -0.4 is 10.6 Å². The lowest BCUT2D eigenvalue weighted by atomic mass is 9.96. The Morgan fingerprint density at radius 3 is 2.60 bits per heavy atom. The SMILES string of the molecule is CCNC(=NCC1(c2ccccc2Br)CC1)NCCCCOCC.I. The molecule has 1 saturated carbocycles. The summed E-state index contributed by atoms with van der Waals surface area (Å²) >= 11 is 3.69. The fourth-order valence-electron chi connectivity index (χ4n) is 2.81. The summed E-state index contributed by atoms with van der Waals surface area (Å²) in [5.41, 5.74) is 1.61. The van der Waals surface area contributed by atoms with Crippen LogP contribution in [0.15, 0.2) is 33.7 Å². The fraction of sp³-hybridized carbons (Fsp3) is 0.632. The van der Waals surface area contributed by atoms with Gasteiger partial charge in [-0.15, -0.1) is 24.0 Å². The van der Waals surface area contributed by atoms with E-state index in [0.717, 1.165) is 51.6 Å². The van der Waals surface area contributed by atoms with Crippen molar-refractivity contribution in [2.75, 3.05) is 32.8 Å². The first-order valence-electron chi connectivity index (χ1n) is 9.07. The van der Waals surface area contributed by atoms with Crippen molar-refractivity contribution in [3.63, 3.8) is 0 Å². The molecule has 1 aliphatic rings. The minimum atomic E-state index is 0. The third-order valence-corrected chi connectivity index (χ3v) is 5.09. The number of halogens is 2. The van der Waals surface area contributed by atoms with Crippen LogP contribution in [0.3, 0.4) is 0 Å². The molecular formula is C19H31BrIN3O. The van der Waals surface area contributed by atoms with Crippen molar-refractivity contribution in [3.8, 4) is 0 Å². The van der Waals surface area contributed by atoms with E-state index in [1.54, 1.807) is 0 Å². The minimum absolute atomic E-state index is 0. The summed E-state index contributed by atoms with van der Waals surface area (Å²) in [7, 11) is 0. The molecule has 0 aromatic heterocycles. The molecule has 0 spiro atoms. The number of nitrogens with one attached hydrogen (secondary N) is 2. The van der Waals surface area contributed by atoms with E-state index in [4.69, 9.17) is 9.73 Å². The van der Waals surface area contributed by atoms with E-state index < -0.39 is 0 Å². The van der Waals surface area contributed by atoms with E-state index in [1.807, 2.05) is 6.92 Å². The largest absolute Gasteiger partial charge is 0.382 e. The third kappa shape index (κ3) is 7.43. The van der Waals surface area contributed by atoms with Gasteiger partial charge in [-0.3, -0.25) is 4.99 Å². The Bertz CT molecular complexity index is 535. The first kappa shape index (κ1) is 22.7. The summed E-state index contributed by atoms with van der Waals surface area (Å²) in [6, 6.07) is 8.54. The highest BCUT2D eigenvalue weighted by Crippen LogP contribution is 2.50. The van der Waals surface area contributed by atoms with Crippen molar-refractivity contribution in [1.29, 1.82) is 0 Å². The van der Waals surface area contributed by atoms with Crippen LogP contribution in [0.25, 0.3) is 0 Å². The van der Waals surface area contributed by atoms with Crippen LogP contribution in [-0.2, 0) is 10.2 Å². The zero-order chi connectivity index (χ0) is 17.3. The normalized spacial score (nSPS) is 15.4. The van der Waals surface area contributed by atoms with E-state index in [1.165, 1.54) is 22.9 Å². The van der Waals surface area contributed by atoms with Gasteiger partial charge in [0.1, 0.15) is 0 Å². The molecule has 2 N–H and O–H groups in total. The second-order valence-electron chi connectivity index (χ2n) is 6.29. The van der Waals surface area contributed by atoms with Gasteiger partial charge in [0.2, 0.25) is 0 Å². The number of benzene rings is 1. The van der Waals surface area contributed by atoms with Crippen LogP contribution in [0, 0.1) is 0 Å². The van der Waals surface area contributed by atoms with Crippen molar-refractivity contribution in [3.05, 3.63) is 34.3 Å². The van der Waals surface area contributed by atoms with Crippen LogP contribution in [0.1, 0.15) is 45.1 Å². The summed E-state index contributed by atoms with van der Waals surface area (Å²) < 4.78 is 6.57. The molecule has 1 aromatic rings. The highest BCUT2D eigenvalue weighted by atomic mass is 127. The predicted octanol–water partition coefficient (Wildman–Crippen LogP) is 4.47. The standard InChI is InChI=1S/C19H30BrN3O.HI/c1-3-21-18(22-13-7-8-14-24-4-2)23-15-19(11-12-19)16-9-5-6-10-17(16)20;/h5-6,9-10H,3-4,7-8,11-15H2,1-2H3,(H2,21,22,23);1H. The monoisotopic (exact) mass is 523 g/mol. The first-order chi connectivity index (χ1) is 11.7. The third-order valence-electron chi connectivity index (χ3n) is 4.39. The number of nitrogens with zero attached hydrogens (tertiary/aromatic N) is 1. The molecule has 0 aliphatic heterocycles. The smallest absolute Gasteiger partial charge is 0.191 e. The molecule has 4 nitrogen and oxygen atoms in total. The van der Waals surface area contributed by atoms with Crippen LogP contribution in [0.4, 0.5) is 0 Å². The lowest BCUT2D eigenvalue weighted by Gasteiger charge is -2.17. The fourth-order valence-corrected chi connectivity index (χ4v) is 3.51. The van der Waals surface area contributed by atoms with Crippen LogP contribution in [0.5, 0.6) is 0 Å². The molecule has 0 unspecified atom stereocenters. The lowest BCUT2D eigenvalue weighted by molar-refractivity contribution is 0.143. The summed E-state index contributed by atoms with van der Waals surface area (Å²) in [4.78, 5) is 4.84. The molecule has 6 heteroatoms. The topological polar surface area (TPSA) is 45.7 Å². The second kappa shape index (κ2) is 12.1. The molecule has 1 aliphatic carbocycles. The molecule has 0 saturated heterocycles. The molecule has 0 bridgehead atoms. The Hall–Kier alpha value is -0.340. The number of rotatable bonds is 10. The van der Waals surface area contributed by atoms with E-state index in [0.29, 0.717) is 0 Å². The zero-order valence-electron chi connectivity index (χ0n) is 15.3. The Balaban J connectivity index is 0.00000312. The molecule has 1 fully saturated rings. The van der Waals surface area contributed by atoms with E-state index >= 15 is 0 Å². The number of hydrogen-bond acceptors (Lipinski definition) is 2. The number of guanidine groups is 1. The van der Waals surface area contributed by atoms with Gasteiger partial charge in [0, 0.05) is 36.2 Å². The Labute approximate surface area is 177 Å². The van der Waals surface area contributed by atoms with Crippen molar-refractivity contribution < 1.29 is 4.74 Å². The van der Waals surface area contributed by atoms with Crippen molar-refractivity contribution in [1.82, 2.24) is 10.6 Å². The van der Waals surface area contributed by atoms with Gasteiger partial charge in [-0.1, -0.05) is 34.1 Å². The minimum Gasteiger partial charge on any atom is -0.382 e. The lowest BCUT2D eigenvalue weighted by Crippen LogP contribution is -2.38. The van der Waals surface area contributed by atoms with Crippen molar-refractivity contribution >= 4 is 45.9 Å². The number of aliphatic imine (C=N–C) groups is 1. The van der Waals surface area contributed by atoms with Gasteiger partial charge in [-0.25, -0.2) is 0 Å². The summed E-state index contributed by atoms with van der Waals surface area (Å²) in [5, 5.41) is 6.78. The average molecular weight is 524 g/mol. The molecule has 0 atom stereocenters. The van der Waals surface area contributed by atoms with Gasteiger partial charge in [0.15, 0.2) is 5.96 Å². The highest BCUT2D eigenvalue weighted by Gasteiger charge is 2.45. The number of hydrogen-bond donors (Lipinski definition) is 2. The molecule has 1 aromatic carbocycles. The van der Waals surface area contributed by atoms with Gasteiger partial charge < -0.3 is 15.4 Å². The Morgan fingerprint density at radius 2 is 1.96 bits per heavy atom. The Morgan fingerprint density at radius 1 is 1.20 bits per heavy atom. The second-order valence-corrected chi connectivity index (χ2v) is 7.14. The van der Waals surface area contributed by atoms with Gasteiger partial charge in [-0.05, 0) is 51.2 Å². The van der Waals surface area contributed by atoms with E-state index in [9.17, 15) is 0 Å². The average Bonchev–Trinajstić information content (AvgIpc) is 3.37. The van der Waals surface area contributed by atoms with Gasteiger partial charge in [0.25, 0.3) is 0 Å². The molecule has 25 heavy (non-hydrogen) atoms. The van der Waals surface area contributed by atoms with Crippen LogP contribution in [0.2, 0.25) is 0 Å². The maximum Gasteiger partial charge on any atom is 0.191 e. The van der Waals surface area contributed by atoms with Gasteiger partial charge in [-0.2, -0.15) is 0 Å². The highest BCUT2D eigenvalue weighted by molar-refractivity contribution is 14.0. The first-order valence-corrected chi connectivity index (χ1v) is 9.86. The predicted molar refractivity (Wildman–Crippen MR) is 120 cm³/mol. The number of ether oxygens (including phenoxy) is 1. The van der Waals surface area contributed by atoms with E-state index in [-0.39, 0.29) is 29.4 Å². The van der Waals surface area contributed by atoms with Crippen molar-refractivity contribution in [2.45, 2.75) is 44.9 Å². The molecular weight excluding hydrogens is 493 g/mol. The molecule has 2 rings (SSSR count). The molecule has 0 radical (unpaired) electrons. The van der Waals surface area contributed by atoms with E-state index in [2.05, 4.69) is 57.8 Å². The molecule has 0 heterocycles. The summed E-state index contributed by atoms with van der Waals surface area (Å²) in [5.74, 6) is 0.923. The molecule has 142 valence electrons. The number of unbranched alkanes of at least 4 members (excludes halogenated alkanes) is 1. The summed E-state index contributed by atoms with van der Waals surface area (Å²) in [6.07, 6.45) is 4.61. The van der Waals surface area contributed by atoms with Crippen LogP contribution >= 0.6 is 39.9 Å². The van der Waals surface area contributed by atoms with Gasteiger partial charge >= 0.3 is 0 Å². The van der Waals surface area contributed by atoms with Crippen LogP contribution in [-0.4, -0.2) is 38.8 Å².